The lowest BCUT2D eigenvalue weighted by atomic mass is 10.2. The van der Waals surface area contributed by atoms with Crippen LogP contribution < -0.4 is 10.1 Å². The zero-order valence-electron chi connectivity index (χ0n) is 15.5. The molecule has 0 bridgehead atoms. The molecule has 0 aliphatic heterocycles. The van der Waals surface area contributed by atoms with E-state index in [1.54, 1.807) is 19.1 Å². The Bertz CT molecular complexity index is 916. The van der Waals surface area contributed by atoms with Crippen LogP contribution in [0.1, 0.15) is 19.4 Å². The summed E-state index contributed by atoms with van der Waals surface area (Å²) in [7, 11) is -3.87. The largest absolute Gasteiger partial charge is 0.492 e. The van der Waals surface area contributed by atoms with Gasteiger partial charge in [-0.25, -0.2) is 8.42 Å². The number of benzene rings is 2. The molecule has 2 aromatic rings. The van der Waals surface area contributed by atoms with Gasteiger partial charge >= 0.3 is 0 Å². The predicted molar refractivity (Wildman–Crippen MR) is 107 cm³/mol. The summed E-state index contributed by atoms with van der Waals surface area (Å²) in [5.74, 6) is 0.00483. The number of carbonyl (C=O) groups is 1. The second-order valence-electron chi connectivity index (χ2n) is 5.82. The normalized spacial score (nSPS) is 11.4. The maximum atomic E-state index is 12.9. The van der Waals surface area contributed by atoms with Crippen molar-refractivity contribution in [2.45, 2.75) is 25.7 Å². The molecule has 1 N–H and O–H groups in total. The van der Waals surface area contributed by atoms with Crippen molar-refractivity contribution < 1.29 is 17.9 Å². The highest BCUT2D eigenvalue weighted by Gasteiger charge is 2.26. The number of ether oxygens (including phenoxy) is 1. The fourth-order valence-corrected chi connectivity index (χ4v) is 4.23. The van der Waals surface area contributed by atoms with Crippen molar-refractivity contribution in [1.29, 1.82) is 0 Å². The van der Waals surface area contributed by atoms with Crippen LogP contribution in [0.5, 0.6) is 5.75 Å². The molecule has 2 aromatic carbocycles. The van der Waals surface area contributed by atoms with Crippen molar-refractivity contribution in [2.24, 2.45) is 0 Å². The maximum Gasteiger partial charge on any atom is 0.243 e. The molecule has 0 aliphatic carbocycles. The van der Waals surface area contributed by atoms with Crippen molar-refractivity contribution in [1.82, 2.24) is 4.31 Å². The van der Waals surface area contributed by atoms with E-state index in [1.807, 2.05) is 26.0 Å². The molecule has 0 unspecified atom stereocenters. The van der Waals surface area contributed by atoms with Gasteiger partial charge in [-0.05, 0) is 43.7 Å². The average Bonchev–Trinajstić information content (AvgIpc) is 2.63. The molecule has 146 valence electrons. The number of nitrogens with one attached hydrogen (secondary N) is 1. The molecule has 1 amide bonds. The van der Waals surface area contributed by atoms with Gasteiger partial charge in [0.2, 0.25) is 15.9 Å². The Balaban J connectivity index is 2.18. The predicted octanol–water partition coefficient (Wildman–Crippen LogP) is 3.70. The first-order chi connectivity index (χ1) is 12.8. The van der Waals surface area contributed by atoms with Crippen molar-refractivity contribution in [3.63, 3.8) is 0 Å². The molecule has 6 nitrogen and oxygen atoms in total. The zero-order valence-corrected chi connectivity index (χ0v) is 17.1. The van der Waals surface area contributed by atoms with Gasteiger partial charge in [0.1, 0.15) is 5.75 Å². The van der Waals surface area contributed by atoms with Gasteiger partial charge in [0, 0.05) is 12.2 Å². The molecule has 27 heavy (non-hydrogen) atoms. The van der Waals surface area contributed by atoms with E-state index < -0.39 is 15.9 Å². The van der Waals surface area contributed by atoms with Gasteiger partial charge < -0.3 is 10.1 Å². The highest BCUT2D eigenvalue weighted by atomic mass is 35.5. The Morgan fingerprint density at radius 1 is 1.19 bits per heavy atom. The van der Waals surface area contributed by atoms with E-state index in [2.05, 4.69) is 5.32 Å². The van der Waals surface area contributed by atoms with Crippen molar-refractivity contribution >= 4 is 33.2 Å². The minimum Gasteiger partial charge on any atom is -0.492 e. The van der Waals surface area contributed by atoms with Crippen LogP contribution in [0.3, 0.4) is 0 Å². The fraction of sp³-hybridized carbons (Fsp3) is 0.316. The number of amides is 1. The summed E-state index contributed by atoms with van der Waals surface area (Å²) in [5.41, 5.74) is 1.55. The van der Waals surface area contributed by atoms with Crippen LogP contribution in [-0.2, 0) is 14.8 Å². The lowest BCUT2D eigenvalue weighted by molar-refractivity contribution is -0.116. The van der Waals surface area contributed by atoms with Crippen LogP contribution in [0.2, 0.25) is 5.02 Å². The topological polar surface area (TPSA) is 75.7 Å². The van der Waals surface area contributed by atoms with Crippen molar-refractivity contribution in [2.75, 3.05) is 25.0 Å². The van der Waals surface area contributed by atoms with Gasteiger partial charge in [0.15, 0.2) is 0 Å². The molecule has 8 heteroatoms. The van der Waals surface area contributed by atoms with Crippen LogP contribution in [0.25, 0.3) is 0 Å². The number of nitrogens with zero attached hydrogens (tertiary/aromatic N) is 1. The zero-order chi connectivity index (χ0) is 20.0. The van der Waals surface area contributed by atoms with E-state index in [0.717, 1.165) is 9.87 Å². The number of hydrogen-bond acceptors (Lipinski definition) is 4. The molecule has 0 aromatic heterocycles. The number of para-hydroxylation sites is 1. The number of hydrogen-bond donors (Lipinski definition) is 1. The minimum atomic E-state index is -3.87. The molecule has 0 radical (unpaired) electrons. The Kier molecular flexibility index (Phi) is 7.24. The number of rotatable bonds is 8. The molecule has 0 heterocycles. The van der Waals surface area contributed by atoms with E-state index in [-0.39, 0.29) is 23.0 Å². The minimum absolute atomic E-state index is 0.0153. The summed E-state index contributed by atoms with van der Waals surface area (Å²) >= 11 is 6.11. The van der Waals surface area contributed by atoms with Gasteiger partial charge in [0.25, 0.3) is 0 Å². The summed E-state index contributed by atoms with van der Waals surface area (Å²) in [5, 5.41) is 2.95. The monoisotopic (exact) mass is 410 g/mol. The number of aryl methyl sites for hydroxylation is 1. The molecule has 0 saturated carbocycles. The lowest BCUT2D eigenvalue weighted by Gasteiger charge is -2.21. The lowest BCUT2D eigenvalue weighted by Crippen LogP contribution is -2.37. The first kappa shape index (κ1) is 21.2. The third-order valence-electron chi connectivity index (χ3n) is 3.93. The number of carbonyl (C=O) groups excluding carboxylic acids is 1. The molecule has 2 rings (SSSR count). The third kappa shape index (κ3) is 5.22. The summed E-state index contributed by atoms with van der Waals surface area (Å²) in [6.45, 7) is 5.63. The van der Waals surface area contributed by atoms with Crippen molar-refractivity contribution in [3.05, 3.63) is 53.1 Å². The smallest absolute Gasteiger partial charge is 0.243 e. The van der Waals surface area contributed by atoms with Crippen LogP contribution in [0.4, 0.5) is 5.69 Å². The summed E-state index contributed by atoms with van der Waals surface area (Å²) < 4.78 is 32.2. The van der Waals surface area contributed by atoms with Crippen LogP contribution >= 0.6 is 11.6 Å². The maximum absolute atomic E-state index is 12.9. The second kappa shape index (κ2) is 9.21. The SMILES string of the molecule is CCOc1ccc(S(=O)(=O)N(CC)CC(=O)Nc2ccccc2C)cc1Cl. The van der Waals surface area contributed by atoms with E-state index in [1.165, 1.54) is 18.2 Å². The van der Waals surface area contributed by atoms with Crippen LogP contribution in [0, 0.1) is 6.92 Å². The van der Waals surface area contributed by atoms with Crippen molar-refractivity contribution in [3.8, 4) is 5.75 Å². The van der Waals surface area contributed by atoms with Crippen LogP contribution in [0.15, 0.2) is 47.4 Å². The highest BCUT2D eigenvalue weighted by Crippen LogP contribution is 2.28. The van der Waals surface area contributed by atoms with Gasteiger partial charge in [-0.1, -0.05) is 36.7 Å². The van der Waals surface area contributed by atoms with Gasteiger partial charge in [-0.3, -0.25) is 4.79 Å². The Labute approximate surface area is 165 Å². The standard InChI is InChI=1S/C19H23ClN2O4S/c1-4-22(13-19(23)21-17-9-7-6-8-14(17)3)27(24,25)15-10-11-18(26-5-2)16(20)12-15/h6-12H,4-5,13H2,1-3H3,(H,21,23). The van der Waals surface area contributed by atoms with E-state index in [0.29, 0.717) is 18.0 Å². The first-order valence-corrected chi connectivity index (χ1v) is 10.4. The van der Waals surface area contributed by atoms with Gasteiger partial charge in [0.05, 0.1) is 23.1 Å². The Morgan fingerprint density at radius 2 is 1.89 bits per heavy atom. The van der Waals surface area contributed by atoms with E-state index >= 15 is 0 Å². The summed E-state index contributed by atoms with van der Waals surface area (Å²) in [6, 6.07) is 11.6. The second-order valence-corrected chi connectivity index (χ2v) is 8.16. The highest BCUT2D eigenvalue weighted by molar-refractivity contribution is 7.89. The average molecular weight is 411 g/mol. The molecule has 0 aliphatic rings. The molecule has 0 saturated heterocycles. The molecule has 0 atom stereocenters. The Hall–Kier alpha value is -2.09. The van der Waals surface area contributed by atoms with E-state index in [4.69, 9.17) is 16.3 Å². The number of anilines is 1. The molecule has 0 fully saturated rings. The van der Waals surface area contributed by atoms with Crippen LogP contribution in [-0.4, -0.2) is 38.3 Å². The summed E-state index contributed by atoms with van der Waals surface area (Å²) in [4.78, 5) is 12.4. The fourth-order valence-electron chi connectivity index (χ4n) is 2.49. The number of likely N-dealkylation sites (N-methyl/N-ethyl adjacent to an activating group) is 1. The number of sulfonamides is 1. The molecule has 0 spiro atoms. The third-order valence-corrected chi connectivity index (χ3v) is 6.14. The molecular weight excluding hydrogens is 388 g/mol. The Morgan fingerprint density at radius 3 is 2.48 bits per heavy atom. The number of halogens is 1. The van der Waals surface area contributed by atoms with Gasteiger partial charge in [-0.15, -0.1) is 0 Å². The first-order valence-electron chi connectivity index (χ1n) is 8.57. The van der Waals surface area contributed by atoms with E-state index in [9.17, 15) is 13.2 Å². The molecular formula is C19H23ClN2O4S. The summed E-state index contributed by atoms with van der Waals surface area (Å²) in [6.07, 6.45) is 0. The quantitative estimate of drug-likeness (QED) is 0.720. The van der Waals surface area contributed by atoms with Gasteiger partial charge in [-0.2, -0.15) is 4.31 Å².